The van der Waals surface area contributed by atoms with E-state index in [4.69, 9.17) is 16.0 Å². The molecule has 1 nitrogen and oxygen atoms in total. The van der Waals surface area contributed by atoms with Crippen molar-refractivity contribution in [3.8, 4) is 0 Å². The van der Waals surface area contributed by atoms with Gasteiger partial charge in [-0.15, -0.1) is 0 Å². The SMILES string of the molecule is CCCCO[Si](C)(C)c1ccc(Cl)cc1. The molecule has 0 radical (unpaired) electrons. The van der Waals surface area contributed by atoms with Crippen LogP contribution in [0.3, 0.4) is 0 Å². The van der Waals surface area contributed by atoms with E-state index in [-0.39, 0.29) is 0 Å². The van der Waals surface area contributed by atoms with Gasteiger partial charge in [0, 0.05) is 11.6 Å². The van der Waals surface area contributed by atoms with E-state index in [0.29, 0.717) is 0 Å². The summed E-state index contributed by atoms with van der Waals surface area (Å²) < 4.78 is 5.99. The van der Waals surface area contributed by atoms with Crippen LogP contribution in [0, 0.1) is 0 Å². The number of unbranched alkanes of at least 4 members (excludes halogenated alkanes) is 1. The summed E-state index contributed by atoms with van der Waals surface area (Å²) in [6.07, 6.45) is 2.33. The van der Waals surface area contributed by atoms with Crippen LogP contribution in [0.4, 0.5) is 0 Å². The van der Waals surface area contributed by atoms with E-state index in [2.05, 4.69) is 32.2 Å². The fourth-order valence-corrected chi connectivity index (χ4v) is 3.32. The fraction of sp³-hybridized carbons (Fsp3) is 0.500. The predicted octanol–water partition coefficient (Wildman–Crippen LogP) is 3.57. The van der Waals surface area contributed by atoms with Crippen molar-refractivity contribution in [3.63, 3.8) is 0 Å². The van der Waals surface area contributed by atoms with Crippen LogP contribution in [0.15, 0.2) is 24.3 Å². The predicted molar refractivity (Wildman–Crippen MR) is 69.4 cm³/mol. The van der Waals surface area contributed by atoms with Crippen molar-refractivity contribution in [1.29, 1.82) is 0 Å². The van der Waals surface area contributed by atoms with Gasteiger partial charge in [0.1, 0.15) is 0 Å². The second kappa shape index (κ2) is 5.68. The smallest absolute Gasteiger partial charge is 0.218 e. The van der Waals surface area contributed by atoms with E-state index in [1.165, 1.54) is 11.6 Å². The molecule has 0 aliphatic heterocycles. The second-order valence-corrected chi connectivity index (χ2v) is 8.54. The summed E-state index contributed by atoms with van der Waals surface area (Å²) in [6.45, 7) is 7.51. The maximum absolute atomic E-state index is 5.99. The number of hydrogen-bond donors (Lipinski definition) is 0. The topological polar surface area (TPSA) is 9.23 Å². The van der Waals surface area contributed by atoms with Gasteiger partial charge in [0.2, 0.25) is 8.32 Å². The molecule has 0 amide bonds. The highest BCUT2D eigenvalue weighted by Gasteiger charge is 2.24. The molecule has 0 unspecified atom stereocenters. The molecule has 84 valence electrons. The maximum atomic E-state index is 5.99. The molecule has 0 spiro atoms. The van der Waals surface area contributed by atoms with E-state index in [1.54, 1.807) is 0 Å². The van der Waals surface area contributed by atoms with Crippen molar-refractivity contribution in [2.24, 2.45) is 0 Å². The van der Waals surface area contributed by atoms with Gasteiger partial charge < -0.3 is 4.43 Å². The summed E-state index contributed by atoms with van der Waals surface area (Å²) in [7, 11) is -1.70. The molecule has 0 saturated carbocycles. The lowest BCUT2D eigenvalue weighted by molar-refractivity contribution is 0.307. The molecule has 0 aromatic heterocycles. The van der Waals surface area contributed by atoms with Crippen LogP contribution in [0.1, 0.15) is 19.8 Å². The van der Waals surface area contributed by atoms with Crippen LogP contribution in [0.2, 0.25) is 18.1 Å². The fourth-order valence-electron chi connectivity index (χ4n) is 1.41. The van der Waals surface area contributed by atoms with E-state index in [1.807, 2.05) is 12.1 Å². The molecular formula is C12H19ClOSi. The molecular weight excluding hydrogens is 224 g/mol. The van der Waals surface area contributed by atoms with Crippen molar-refractivity contribution in [2.45, 2.75) is 32.9 Å². The van der Waals surface area contributed by atoms with Gasteiger partial charge >= 0.3 is 0 Å². The largest absolute Gasteiger partial charge is 0.413 e. The van der Waals surface area contributed by atoms with E-state index < -0.39 is 8.32 Å². The molecule has 15 heavy (non-hydrogen) atoms. The summed E-state index contributed by atoms with van der Waals surface area (Å²) in [5.41, 5.74) is 0. The standard InChI is InChI=1S/C12H19ClOSi/c1-4-5-10-14-15(2,3)12-8-6-11(13)7-9-12/h6-9H,4-5,10H2,1-3H3. The highest BCUT2D eigenvalue weighted by Crippen LogP contribution is 2.10. The average molecular weight is 243 g/mol. The Bertz CT molecular complexity index is 295. The van der Waals surface area contributed by atoms with Crippen LogP contribution in [0.25, 0.3) is 0 Å². The van der Waals surface area contributed by atoms with Crippen molar-refractivity contribution >= 4 is 25.1 Å². The van der Waals surface area contributed by atoms with Gasteiger partial charge in [-0.1, -0.05) is 37.1 Å². The van der Waals surface area contributed by atoms with Gasteiger partial charge in [-0.05, 0) is 36.8 Å². The molecule has 0 aliphatic rings. The minimum absolute atomic E-state index is 0.789. The number of rotatable bonds is 5. The first-order chi connectivity index (χ1) is 7.06. The van der Waals surface area contributed by atoms with Gasteiger partial charge in [0.25, 0.3) is 0 Å². The van der Waals surface area contributed by atoms with E-state index in [9.17, 15) is 0 Å². The van der Waals surface area contributed by atoms with Gasteiger partial charge in [0.05, 0.1) is 0 Å². The molecule has 0 fully saturated rings. The minimum atomic E-state index is -1.70. The summed E-state index contributed by atoms with van der Waals surface area (Å²) in [5.74, 6) is 0. The molecule has 1 aromatic carbocycles. The molecule has 3 heteroatoms. The first-order valence-corrected chi connectivity index (χ1v) is 8.75. The van der Waals surface area contributed by atoms with Crippen molar-refractivity contribution in [2.75, 3.05) is 6.61 Å². The van der Waals surface area contributed by atoms with Crippen LogP contribution < -0.4 is 5.19 Å². The zero-order chi connectivity index (χ0) is 11.3. The maximum Gasteiger partial charge on any atom is 0.218 e. The molecule has 1 aromatic rings. The first-order valence-electron chi connectivity index (χ1n) is 5.46. The van der Waals surface area contributed by atoms with Crippen molar-refractivity contribution in [1.82, 2.24) is 0 Å². The van der Waals surface area contributed by atoms with Gasteiger partial charge in [0.15, 0.2) is 0 Å². The third kappa shape index (κ3) is 3.97. The number of hydrogen-bond acceptors (Lipinski definition) is 1. The van der Waals surface area contributed by atoms with Crippen LogP contribution in [-0.2, 0) is 4.43 Å². The van der Waals surface area contributed by atoms with E-state index in [0.717, 1.165) is 18.1 Å². The molecule has 1 rings (SSSR count). The Balaban J connectivity index is 2.63. The third-order valence-electron chi connectivity index (χ3n) is 2.50. The Hall–Kier alpha value is -0.313. The Morgan fingerprint density at radius 3 is 2.33 bits per heavy atom. The summed E-state index contributed by atoms with van der Waals surface area (Å²) in [6, 6.07) is 8.05. The lowest BCUT2D eigenvalue weighted by Crippen LogP contribution is -2.44. The average Bonchev–Trinajstić information content (AvgIpc) is 2.18. The highest BCUT2D eigenvalue weighted by molar-refractivity contribution is 6.84. The zero-order valence-electron chi connectivity index (χ0n) is 9.72. The summed E-state index contributed by atoms with van der Waals surface area (Å²) in [5, 5.41) is 2.10. The van der Waals surface area contributed by atoms with Gasteiger partial charge in [-0.25, -0.2) is 0 Å². The normalized spacial score (nSPS) is 11.7. The highest BCUT2D eigenvalue weighted by atomic mass is 35.5. The van der Waals surface area contributed by atoms with Crippen LogP contribution >= 0.6 is 11.6 Å². The number of halogens is 1. The lowest BCUT2D eigenvalue weighted by Gasteiger charge is -2.23. The van der Waals surface area contributed by atoms with Crippen LogP contribution in [0.5, 0.6) is 0 Å². The zero-order valence-corrected chi connectivity index (χ0v) is 11.5. The Morgan fingerprint density at radius 2 is 1.80 bits per heavy atom. The summed E-state index contributed by atoms with van der Waals surface area (Å²) >= 11 is 5.86. The molecule has 0 aliphatic carbocycles. The Morgan fingerprint density at radius 1 is 1.20 bits per heavy atom. The molecule has 0 heterocycles. The monoisotopic (exact) mass is 242 g/mol. The van der Waals surface area contributed by atoms with Gasteiger partial charge in [-0.3, -0.25) is 0 Å². The van der Waals surface area contributed by atoms with Crippen molar-refractivity contribution in [3.05, 3.63) is 29.3 Å². The minimum Gasteiger partial charge on any atom is -0.413 e. The molecule has 0 saturated heterocycles. The summed E-state index contributed by atoms with van der Waals surface area (Å²) in [4.78, 5) is 0. The number of benzene rings is 1. The van der Waals surface area contributed by atoms with Crippen molar-refractivity contribution < 1.29 is 4.43 Å². The third-order valence-corrected chi connectivity index (χ3v) is 5.40. The van der Waals surface area contributed by atoms with Crippen LogP contribution in [-0.4, -0.2) is 14.9 Å². The Labute approximate surface area is 98.5 Å². The quantitative estimate of drug-likeness (QED) is 0.567. The molecule has 0 bridgehead atoms. The van der Waals surface area contributed by atoms with E-state index >= 15 is 0 Å². The Kier molecular flexibility index (Phi) is 4.83. The molecule has 0 atom stereocenters. The first kappa shape index (κ1) is 12.8. The lowest BCUT2D eigenvalue weighted by atomic mass is 10.4. The van der Waals surface area contributed by atoms with Gasteiger partial charge in [-0.2, -0.15) is 0 Å². The molecule has 0 N–H and O–H groups in total. The second-order valence-electron chi connectivity index (χ2n) is 4.22.